The van der Waals surface area contributed by atoms with Crippen molar-refractivity contribution in [2.75, 3.05) is 63.6 Å². The van der Waals surface area contributed by atoms with Crippen LogP contribution in [0.5, 0.6) is 5.75 Å². The summed E-state index contributed by atoms with van der Waals surface area (Å²) in [5, 5.41) is 7.77. The molecule has 0 radical (unpaired) electrons. The quantitative estimate of drug-likeness (QED) is 0.398. The lowest BCUT2D eigenvalue weighted by atomic mass is 10.0. The van der Waals surface area contributed by atoms with Crippen molar-refractivity contribution in [3.8, 4) is 16.9 Å². The van der Waals surface area contributed by atoms with Crippen molar-refractivity contribution in [1.82, 2.24) is 20.2 Å². The zero-order chi connectivity index (χ0) is 24.0. The molecule has 1 fully saturated rings. The van der Waals surface area contributed by atoms with Crippen LogP contribution in [0.2, 0.25) is 0 Å². The maximum atomic E-state index is 5.95. The second-order valence-electron chi connectivity index (χ2n) is 9.03. The Morgan fingerprint density at radius 3 is 2.60 bits per heavy atom. The summed E-state index contributed by atoms with van der Waals surface area (Å²) >= 11 is 0. The maximum Gasteiger partial charge on any atom is 0.227 e. The lowest BCUT2D eigenvalue weighted by Gasteiger charge is -2.29. The summed E-state index contributed by atoms with van der Waals surface area (Å²) in [7, 11) is 4.09. The van der Waals surface area contributed by atoms with Crippen LogP contribution in [0.4, 0.5) is 17.3 Å². The number of para-hydroxylation sites is 1. The van der Waals surface area contributed by atoms with Gasteiger partial charge in [-0.25, -0.2) is 9.97 Å². The van der Waals surface area contributed by atoms with Crippen LogP contribution in [-0.4, -0.2) is 68.3 Å². The van der Waals surface area contributed by atoms with E-state index in [0.29, 0.717) is 12.6 Å². The van der Waals surface area contributed by atoms with Gasteiger partial charge in [-0.1, -0.05) is 30.3 Å². The van der Waals surface area contributed by atoms with E-state index in [1.54, 1.807) is 0 Å². The topological polar surface area (TPSA) is 65.6 Å². The van der Waals surface area contributed by atoms with Gasteiger partial charge in [-0.15, -0.1) is 0 Å². The number of likely N-dealkylation sites (N-methyl/N-ethyl adjacent to an activating group) is 1. The molecule has 1 aliphatic rings. The number of benzene rings is 3. The summed E-state index contributed by atoms with van der Waals surface area (Å²) in [6, 6.07) is 22.9. The monoisotopic (exact) mass is 468 g/mol. The molecule has 0 bridgehead atoms. The molecule has 0 amide bonds. The molecule has 1 saturated heterocycles. The summed E-state index contributed by atoms with van der Waals surface area (Å²) < 4.78 is 5.95. The van der Waals surface area contributed by atoms with E-state index in [0.717, 1.165) is 66.2 Å². The van der Waals surface area contributed by atoms with Crippen molar-refractivity contribution in [3.63, 3.8) is 0 Å². The Bertz CT molecular complexity index is 1270. The Morgan fingerprint density at radius 1 is 1.00 bits per heavy atom. The summed E-state index contributed by atoms with van der Waals surface area (Å²) in [4.78, 5) is 13.9. The fourth-order valence-electron chi connectivity index (χ4n) is 4.26. The number of ether oxygens (including phenoxy) is 1. The number of piperazine rings is 1. The number of aromatic nitrogens is 2. The van der Waals surface area contributed by atoms with E-state index < -0.39 is 0 Å². The molecular weight excluding hydrogens is 436 g/mol. The van der Waals surface area contributed by atoms with Crippen LogP contribution in [-0.2, 0) is 0 Å². The molecule has 1 aliphatic heterocycles. The number of hydrogen-bond donors (Lipinski definition) is 2. The van der Waals surface area contributed by atoms with Gasteiger partial charge in [-0.05, 0) is 56.1 Å². The van der Waals surface area contributed by atoms with Gasteiger partial charge in [0.2, 0.25) is 5.95 Å². The molecule has 35 heavy (non-hydrogen) atoms. The first-order valence-corrected chi connectivity index (χ1v) is 12.1. The minimum absolute atomic E-state index is 0.582. The summed E-state index contributed by atoms with van der Waals surface area (Å²) in [5.41, 5.74) is 5.25. The first-order chi connectivity index (χ1) is 17.2. The van der Waals surface area contributed by atoms with Gasteiger partial charge in [0.15, 0.2) is 0 Å². The molecular formula is C28H32N6O. The van der Waals surface area contributed by atoms with Crippen molar-refractivity contribution in [1.29, 1.82) is 0 Å². The Labute approximate surface area is 206 Å². The van der Waals surface area contributed by atoms with Crippen LogP contribution >= 0.6 is 0 Å². The second-order valence-corrected chi connectivity index (χ2v) is 9.03. The van der Waals surface area contributed by atoms with Crippen LogP contribution in [0.15, 0.2) is 72.9 Å². The molecule has 2 heterocycles. The van der Waals surface area contributed by atoms with Crippen LogP contribution in [0, 0.1) is 0 Å². The lowest BCUT2D eigenvalue weighted by Crippen LogP contribution is -2.43. The van der Waals surface area contributed by atoms with Crippen LogP contribution in [0.25, 0.3) is 22.0 Å². The fraction of sp³-hybridized carbons (Fsp3) is 0.286. The van der Waals surface area contributed by atoms with E-state index >= 15 is 0 Å². The standard InChI is InChI=1S/C28H32N6O/c1-33(2)17-18-35-25-7-3-5-21(19-25)26-8-4-6-22-20-30-28(32-27(22)26)31-23-9-11-24(12-10-23)34-15-13-29-14-16-34/h3-12,19-20,29H,13-18H2,1-2H3,(H,30,31,32). The predicted octanol–water partition coefficient (Wildman–Crippen LogP) is 4.39. The third-order valence-corrected chi connectivity index (χ3v) is 6.17. The van der Waals surface area contributed by atoms with Gasteiger partial charge < -0.3 is 25.2 Å². The molecule has 1 aromatic heterocycles. The van der Waals surface area contributed by atoms with Gasteiger partial charge in [0.05, 0.1) is 5.52 Å². The molecule has 5 rings (SSSR count). The molecule has 2 N–H and O–H groups in total. The molecule has 0 spiro atoms. The Kier molecular flexibility index (Phi) is 7.07. The van der Waals surface area contributed by atoms with Gasteiger partial charge in [-0.3, -0.25) is 0 Å². The highest BCUT2D eigenvalue weighted by molar-refractivity contribution is 5.94. The SMILES string of the molecule is CN(C)CCOc1cccc(-c2cccc3cnc(Nc4ccc(N5CCNCC5)cc4)nc23)c1. The first-order valence-electron chi connectivity index (χ1n) is 12.1. The maximum absolute atomic E-state index is 5.95. The zero-order valence-electron chi connectivity index (χ0n) is 20.4. The summed E-state index contributed by atoms with van der Waals surface area (Å²) in [6.07, 6.45) is 1.88. The predicted molar refractivity (Wildman–Crippen MR) is 144 cm³/mol. The number of anilines is 3. The number of hydrogen-bond acceptors (Lipinski definition) is 7. The van der Waals surface area contributed by atoms with Gasteiger partial charge in [-0.2, -0.15) is 0 Å². The van der Waals surface area contributed by atoms with Crippen molar-refractivity contribution in [2.45, 2.75) is 0 Å². The smallest absolute Gasteiger partial charge is 0.227 e. The highest BCUT2D eigenvalue weighted by atomic mass is 16.5. The number of nitrogens with one attached hydrogen (secondary N) is 2. The number of nitrogens with zero attached hydrogens (tertiary/aromatic N) is 4. The highest BCUT2D eigenvalue weighted by Gasteiger charge is 2.11. The zero-order valence-corrected chi connectivity index (χ0v) is 20.4. The summed E-state index contributed by atoms with van der Waals surface area (Å²) in [5.74, 6) is 1.44. The fourth-order valence-corrected chi connectivity index (χ4v) is 4.26. The minimum Gasteiger partial charge on any atom is -0.492 e. The van der Waals surface area contributed by atoms with E-state index in [1.165, 1.54) is 5.69 Å². The van der Waals surface area contributed by atoms with E-state index in [2.05, 4.69) is 67.9 Å². The second kappa shape index (κ2) is 10.7. The van der Waals surface area contributed by atoms with Gasteiger partial charge in [0.25, 0.3) is 0 Å². The van der Waals surface area contributed by atoms with Crippen molar-refractivity contribution in [2.24, 2.45) is 0 Å². The van der Waals surface area contributed by atoms with E-state index in [1.807, 2.05) is 44.6 Å². The van der Waals surface area contributed by atoms with Crippen molar-refractivity contribution in [3.05, 3.63) is 72.9 Å². The third kappa shape index (κ3) is 5.70. The number of fused-ring (bicyclic) bond motifs is 1. The normalized spacial score (nSPS) is 13.9. The van der Waals surface area contributed by atoms with E-state index in [9.17, 15) is 0 Å². The molecule has 0 aliphatic carbocycles. The average Bonchev–Trinajstić information content (AvgIpc) is 2.89. The molecule has 0 atom stereocenters. The van der Waals surface area contributed by atoms with E-state index in [4.69, 9.17) is 9.72 Å². The average molecular weight is 469 g/mol. The van der Waals surface area contributed by atoms with Crippen molar-refractivity contribution < 1.29 is 4.74 Å². The third-order valence-electron chi connectivity index (χ3n) is 6.17. The summed E-state index contributed by atoms with van der Waals surface area (Å²) in [6.45, 7) is 5.64. The van der Waals surface area contributed by atoms with Crippen LogP contribution in [0.1, 0.15) is 0 Å². The van der Waals surface area contributed by atoms with Gasteiger partial charge in [0, 0.05) is 61.2 Å². The van der Waals surface area contributed by atoms with Crippen LogP contribution in [0.3, 0.4) is 0 Å². The molecule has 0 saturated carbocycles. The molecule has 0 unspecified atom stereocenters. The Morgan fingerprint density at radius 2 is 1.80 bits per heavy atom. The van der Waals surface area contributed by atoms with Crippen molar-refractivity contribution >= 4 is 28.2 Å². The highest BCUT2D eigenvalue weighted by Crippen LogP contribution is 2.30. The molecule has 3 aromatic carbocycles. The Hall–Kier alpha value is -3.68. The molecule has 7 nitrogen and oxygen atoms in total. The minimum atomic E-state index is 0.582. The molecule has 180 valence electrons. The van der Waals surface area contributed by atoms with E-state index in [-0.39, 0.29) is 0 Å². The molecule has 4 aromatic rings. The van der Waals surface area contributed by atoms with Gasteiger partial charge >= 0.3 is 0 Å². The number of rotatable bonds is 8. The first kappa shape index (κ1) is 23.1. The largest absolute Gasteiger partial charge is 0.492 e. The van der Waals surface area contributed by atoms with Crippen LogP contribution < -0.4 is 20.3 Å². The molecule has 7 heteroatoms. The van der Waals surface area contributed by atoms with Gasteiger partial charge in [0.1, 0.15) is 12.4 Å². The Balaban J connectivity index is 1.37. The lowest BCUT2D eigenvalue weighted by molar-refractivity contribution is 0.261.